The number of hydrogen-bond donors (Lipinski definition) is 1. The van der Waals surface area contributed by atoms with Crippen LogP contribution in [-0.2, 0) is 14.3 Å². The smallest absolute Gasteiger partial charge is 0.308 e. The summed E-state index contributed by atoms with van der Waals surface area (Å²) in [6, 6.07) is 10.2. The number of anilines is 2. The molecule has 0 aromatic heterocycles. The summed E-state index contributed by atoms with van der Waals surface area (Å²) >= 11 is 0. The number of nitrogens with one attached hydrogen (secondary N) is 1. The number of halogens is 1. The molecule has 7 heteroatoms. The number of hydrogen-bond acceptors (Lipinski definition) is 5. The van der Waals surface area contributed by atoms with Crippen molar-refractivity contribution in [3.63, 3.8) is 0 Å². The van der Waals surface area contributed by atoms with Crippen molar-refractivity contribution in [1.29, 1.82) is 0 Å². The van der Waals surface area contributed by atoms with Gasteiger partial charge in [-0.25, -0.2) is 4.39 Å². The monoisotopic (exact) mass is 409 g/mol. The zero-order chi connectivity index (χ0) is 21.3. The Kier molecular flexibility index (Phi) is 5.53. The molecule has 1 unspecified atom stereocenters. The maximum atomic E-state index is 13.4. The third kappa shape index (κ3) is 3.92. The average molecular weight is 409 g/mol. The van der Waals surface area contributed by atoms with E-state index in [-0.39, 0.29) is 23.6 Å². The van der Waals surface area contributed by atoms with Crippen LogP contribution >= 0.6 is 0 Å². The first-order valence-corrected chi connectivity index (χ1v) is 10.0. The lowest BCUT2D eigenvalue weighted by atomic mass is 9.96. The molecule has 1 atom stereocenters. The van der Waals surface area contributed by atoms with Crippen molar-refractivity contribution < 1.29 is 18.7 Å². The highest BCUT2D eigenvalue weighted by molar-refractivity contribution is 6.12. The number of aliphatic imine (C=N–C) groups is 1. The Morgan fingerprint density at radius 3 is 2.70 bits per heavy atom. The summed E-state index contributed by atoms with van der Waals surface area (Å²) in [5, 5.41) is 2.69. The van der Waals surface area contributed by atoms with Crippen molar-refractivity contribution in [1.82, 2.24) is 0 Å². The summed E-state index contributed by atoms with van der Waals surface area (Å²) in [5.74, 6) is -1.27. The lowest BCUT2D eigenvalue weighted by Gasteiger charge is -2.33. The van der Waals surface area contributed by atoms with Crippen molar-refractivity contribution >= 4 is 35.2 Å². The van der Waals surface area contributed by atoms with Crippen LogP contribution in [0.4, 0.5) is 21.5 Å². The van der Waals surface area contributed by atoms with E-state index in [2.05, 4.69) is 15.2 Å². The van der Waals surface area contributed by atoms with Crippen molar-refractivity contribution in [3.8, 4) is 0 Å². The zero-order valence-electron chi connectivity index (χ0n) is 17.0. The van der Waals surface area contributed by atoms with Gasteiger partial charge in [-0.15, -0.1) is 0 Å². The quantitative estimate of drug-likeness (QED) is 0.613. The van der Waals surface area contributed by atoms with Crippen LogP contribution < -0.4 is 10.2 Å². The molecular weight excluding hydrogens is 385 g/mol. The Labute approximate surface area is 174 Å². The number of ether oxygens (including phenoxy) is 1. The first-order chi connectivity index (χ1) is 14.5. The third-order valence-electron chi connectivity index (χ3n) is 5.81. The predicted molar refractivity (Wildman–Crippen MR) is 114 cm³/mol. The van der Waals surface area contributed by atoms with Gasteiger partial charge in [0.15, 0.2) is 0 Å². The summed E-state index contributed by atoms with van der Waals surface area (Å²) in [4.78, 5) is 30.7. The van der Waals surface area contributed by atoms with E-state index in [1.54, 1.807) is 12.3 Å². The number of amides is 1. The van der Waals surface area contributed by atoms with E-state index in [1.807, 2.05) is 25.1 Å². The Hall–Kier alpha value is -3.22. The SMILES string of the molecule is COC(=O)C1CCN(c2ccc(N=CC3C(=O)Nc4cc(F)ccc43)cc2C)CC1. The van der Waals surface area contributed by atoms with Crippen molar-refractivity contribution in [3.05, 3.63) is 53.3 Å². The van der Waals surface area contributed by atoms with Gasteiger partial charge in [0.25, 0.3) is 0 Å². The van der Waals surface area contributed by atoms with Gasteiger partial charge in [0.1, 0.15) is 11.7 Å². The van der Waals surface area contributed by atoms with Crippen molar-refractivity contribution in [2.45, 2.75) is 25.7 Å². The summed E-state index contributed by atoms with van der Waals surface area (Å²) in [7, 11) is 1.43. The van der Waals surface area contributed by atoms with E-state index in [9.17, 15) is 14.0 Å². The average Bonchev–Trinajstić information content (AvgIpc) is 3.05. The number of benzene rings is 2. The molecule has 2 aromatic rings. The van der Waals surface area contributed by atoms with Crippen LogP contribution in [-0.4, -0.2) is 38.3 Å². The van der Waals surface area contributed by atoms with E-state index in [0.717, 1.165) is 48.4 Å². The Morgan fingerprint density at radius 1 is 1.23 bits per heavy atom. The molecule has 0 spiro atoms. The molecule has 0 saturated carbocycles. The Bertz CT molecular complexity index is 1010. The second kappa shape index (κ2) is 8.26. The van der Waals surface area contributed by atoms with Gasteiger partial charge in [0.2, 0.25) is 5.91 Å². The molecule has 30 heavy (non-hydrogen) atoms. The van der Waals surface area contributed by atoms with Crippen molar-refractivity contribution in [2.24, 2.45) is 10.9 Å². The second-order valence-corrected chi connectivity index (χ2v) is 7.73. The molecule has 2 aliphatic heterocycles. The van der Waals surface area contributed by atoms with Crippen LogP contribution in [0.5, 0.6) is 0 Å². The summed E-state index contributed by atoms with van der Waals surface area (Å²) < 4.78 is 18.2. The molecule has 4 rings (SSSR count). The highest BCUT2D eigenvalue weighted by atomic mass is 19.1. The van der Waals surface area contributed by atoms with Gasteiger partial charge in [0, 0.05) is 30.7 Å². The number of carbonyl (C=O) groups excluding carboxylic acids is 2. The zero-order valence-corrected chi connectivity index (χ0v) is 17.0. The van der Waals surface area contributed by atoms with Crippen LogP contribution in [0.3, 0.4) is 0 Å². The van der Waals surface area contributed by atoms with E-state index in [1.165, 1.54) is 19.2 Å². The number of rotatable bonds is 4. The van der Waals surface area contributed by atoms with E-state index in [4.69, 9.17) is 4.74 Å². The fourth-order valence-corrected chi connectivity index (χ4v) is 4.17. The van der Waals surface area contributed by atoms with E-state index < -0.39 is 5.92 Å². The Balaban J connectivity index is 1.46. The first-order valence-electron chi connectivity index (χ1n) is 10.0. The van der Waals surface area contributed by atoms with Crippen LogP contribution in [0.2, 0.25) is 0 Å². The minimum absolute atomic E-state index is 0.0238. The molecule has 156 valence electrons. The maximum Gasteiger partial charge on any atom is 0.308 e. The highest BCUT2D eigenvalue weighted by Gasteiger charge is 2.29. The van der Waals surface area contributed by atoms with Gasteiger partial charge in [-0.2, -0.15) is 0 Å². The van der Waals surface area contributed by atoms with Gasteiger partial charge in [-0.3, -0.25) is 14.6 Å². The fourth-order valence-electron chi connectivity index (χ4n) is 4.17. The molecule has 0 aliphatic carbocycles. The number of carbonyl (C=O) groups is 2. The number of methoxy groups -OCH3 is 1. The molecule has 0 radical (unpaired) electrons. The molecule has 2 heterocycles. The first kappa shape index (κ1) is 20.1. The largest absolute Gasteiger partial charge is 0.469 e. The summed E-state index contributed by atoms with van der Waals surface area (Å²) in [6.45, 7) is 3.64. The second-order valence-electron chi connectivity index (χ2n) is 7.73. The van der Waals surface area contributed by atoms with Gasteiger partial charge >= 0.3 is 5.97 Å². The topological polar surface area (TPSA) is 71.0 Å². The standard InChI is InChI=1S/C23H24FN3O3/c1-14-11-17(4-6-21(14)27-9-7-15(8-10-27)23(29)30-2)25-13-19-18-5-3-16(24)12-20(18)26-22(19)28/h3-6,11-13,15,19H,7-10H2,1-2H3,(H,26,28). The van der Waals surface area contributed by atoms with Gasteiger partial charge < -0.3 is 15.0 Å². The molecule has 6 nitrogen and oxygen atoms in total. The molecule has 2 aromatic carbocycles. The van der Waals surface area contributed by atoms with Crippen LogP contribution in [0.15, 0.2) is 41.4 Å². The number of nitrogens with zero attached hydrogens (tertiary/aromatic N) is 2. The molecule has 1 fully saturated rings. The van der Waals surface area contributed by atoms with Gasteiger partial charge in [0.05, 0.1) is 18.7 Å². The lowest BCUT2D eigenvalue weighted by molar-refractivity contribution is -0.146. The fraction of sp³-hybridized carbons (Fsp3) is 0.348. The number of fused-ring (bicyclic) bond motifs is 1. The van der Waals surface area contributed by atoms with Crippen LogP contribution in [0, 0.1) is 18.7 Å². The molecule has 1 saturated heterocycles. The van der Waals surface area contributed by atoms with Gasteiger partial charge in [-0.1, -0.05) is 6.07 Å². The number of esters is 1. The van der Waals surface area contributed by atoms with Gasteiger partial charge in [-0.05, 0) is 61.2 Å². The molecule has 2 aliphatic rings. The number of aryl methyl sites for hydroxylation is 1. The van der Waals surface area contributed by atoms with Crippen LogP contribution in [0.1, 0.15) is 29.9 Å². The third-order valence-corrected chi connectivity index (χ3v) is 5.81. The molecular formula is C23H24FN3O3. The normalized spacial score (nSPS) is 19.1. The van der Waals surface area contributed by atoms with Crippen molar-refractivity contribution in [2.75, 3.05) is 30.4 Å². The van der Waals surface area contributed by atoms with E-state index in [0.29, 0.717) is 5.69 Å². The molecule has 1 N–H and O–H groups in total. The van der Waals surface area contributed by atoms with Crippen LogP contribution in [0.25, 0.3) is 0 Å². The minimum atomic E-state index is -0.530. The number of piperidine rings is 1. The Morgan fingerprint density at radius 2 is 2.00 bits per heavy atom. The molecule has 1 amide bonds. The highest BCUT2D eigenvalue weighted by Crippen LogP contribution is 2.33. The molecule has 0 bridgehead atoms. The predicted octanol–water partition coefficient (Wildman–Crippen LogP) is 3.96. The van der Waals surface area contributed by atoms with E-state index >= 15 is 0 Å². The summed E-state index contributed by atoms with van der Waals surface area (Å²) in [6.07, 6.45) is 3.17. The summed E-state index contributed by atoms with van der Waals surface area (Å²) in [5.41, 5.74) is 4.19. The minimum Gasteiger partial charge on any atom is -0.469 e. The lowest BCUT2D eigenvalue weighted by Crippen LogP contribution is -2.37. The maximum absolute atomic E-state index is 13.4.